The van der Waals surface area contributed by atoms with Gasteiger partial charge in [0.05, 0.1) is 6.04 Å². The number of aliphatic hydroxyl groups is 1. The van der Waals surface area contributed by atoms with Crippen molar-refractivity contribution in [2.75, 3.05) is 6.26 Å². The predicted octanol–water partition coefficient (Wildman–Crippen LogP) is 3.99. The standard InChI is InChI=1S/C13H23NOS/c1-5-7-9-12(8-6-2)10-13(11(3)15)14-16-4/h6,8-9,13-15H,3,5,7,10H2,1-2,4H3/b8-6-,12-9+. The average Bonchev–Trinajstić information content (AvgIpc) is 2.25. The lowest BCUT2D eigenvalue weighted by Crippen LogP contribution is -2.25. The zero-order valence-corrected chi connectivity index (χ0v) is 11.3. The molecular formula is C13H23NOS. The van der Waals surface area contributed by atoms with Crippen molar-refractivity contribution in [3.63, 3.8) is 0 Å². The van der Waals surface area contributed by atoms with E-state index in [1.807, 2.05) is 19.3 Å². The molecule has 0 aliphatic carbocycles. The summed E-state index contributed by atoms with van der Waals surface area (Å²) >= 11 is 1.50. The van der Waals surface area contributed by atoms with Gasteiger partial charge >= 0.3 is 0 Å². The molecular weight excluding hydrogens is 218 g/mol. The Kier molecular flexibility index (Phi) is 9.15. The van der Waals surface area contributed by atoms with Crippen LogP contribution in [0, 0.1) is 0 Å². The highest BCUT2D eigenvalue weighted by molar-refractivity contribution is 7.96. The molecule has 0 aromatic rings. The second kappa shape index (κ2) is 9.55. The van der Waals surface area contributed by atoms with Crippen LogP contribution in [0.4, 0.5) is 0 Å². The summed E-state index contributed by atoms with van der Waals surface area (Å²) in [5.74, 6) is 0.196. The van der Waals surface area contributed by atoms with Crippen LogP contribution in [0.1, 0.15) is 33.1 Å². The molecule has 1 unspecified atom stereocenters. The first-order valence-corrected chi connectivity index (χ1v) is 6.86. The first-order chi connectivity index (χ1) is 7.65. The van der Waals surface area contributed by atoms with Crippen molar-refractivity contribution >= 4 is 11.9 Å². The maximum Gasteiger partial charge on any atom is 0.103 e. The minimum absolute atomic E-state index is 0.0747. The minimum atomic E-state index is -0.0747. The fraction of sp³-hybridized carbons (Fsp3) is 0.538. The van der Waals surface area contributed by atoms with Crippen LogP contribution in [-0.4, -0.2) is 17.4 Å². The Morgan fingerprint density at radius 1 is 1.56 bits per heavy atom. The molecule has 3 heteroatoms. The first kappa shape index (κ1) is 15.3. The van der Waals surface area contributed by atoms with E-state index < -0.39 is 0 Å². The van der Waals surface area contributed by atoms with E-state index in [1.165, 1.54) is 17.5 Å². The van der Waals surface area contributed by atoms with Crippen LogP contribution in [-0.2, 0) is 0 Å². The molecule has 1 atom stereocenters. The number of hydrogen-bond acceptors (Lipinski definition) is 3. The normalized spacial score (nSPS) is 14.3. The van der Waals surface area contributed by atoms with Crippen molar-refractivity contribution in [3.8, 4) is 0 Å². The molecule has 0 fully saturated rings. The van der Waals surface area contributed by atoms with Gasteiger partial charge in [0.2, 0.25) is 0 Å². The lowest BCUT2D eigenvalue weighted by Gasteiger charge is -2.16. The second-order valence-electron chi connectivity index (χ2n) is 3.64. The quantitative estimate of drug-likeness (QED) is 0.383. The van der Waals surface area contributed by atoms with Crippen LogP contribution in [0.25, 0.3) is 0 Å². The smallest absolute Gasteiger partial charge is 0.103 e. The summed E-state index contributed by atoms with van der Waals surface area (Å²) in [6, 6.07) is -0.0747. The zero-order chi connectivity index (χ0) is 12.4. The molecule has 0 heterocycles. The lowest BCUT2D eigenvalue weighted by molar-refractivity contribution is 0.361. The molecule has 0 amide bonds. The van der Waals surface area contributed by atoms with Gasteiger partial charge in [0, 0.05) is 0 Å². The van der Waals surface area contributed by atoms with Gasteiger partial charge in [-0.25, -0.2) is 0 Å². The van der Waals surface area contributed by atoms with Crippen molar-refractivity contribution in [1.82, 2.24) is 4.72 Å². The van der Waals surface area contributed by atoms with Crippen molar-refractivity contribution in [2.45, 2.75) is 39.2 Å². The molecule has 92 valence electrons. The molecule has 0 aliphatic rings. The summed E-state index contributed by atoms with van der Waals surface area (Å²) in [7, 11) is 0. The summed E-state index contributed by atoms with van der Waals surface area (Å²) in [5.41, 5.74) is 1.24. The fourth-order valence-corrected chi connectivity index (χ4v) is 1.87. The Bertz CT molecular complexity index is 259. The highest BCUT2D eigenvalue weighted by atomic mass is 32.2. The van der Waals surface area contributed by atoms with Gasteiger partial charge in [-0.1, -0.05) is 55.7 Å². The maximum absolute atomic E-state index is 9.46. The van der Waals surface area contributed by atoms with Crippen molar-refractivity contribution in [1.29, 1.82) is 0 Å². The first-order valence-electron chi connectivity index (χ1n) is 5.63. The monoisotopic (exact) mass is 241 g/mol. The molecule has 0 aromatic heterocycles. The van der Waals surface area contributed by atoms with Gasteiger partial charge in [-0.05, 0) is 26.0 Å². The van der Waals surface area contributed by atoms with E-state index in [2.05, 4.69) is 30.4 Å². The third-order valence-corrected chi connectivity index (χ3v) is 2.70. The third kappa shape index (κ3) is 6.75. The SMILES string of the molecule is C=C(O)C(CC(/C=C\C)=C/CCC)NSC. The Hall–Kier alpha value is -0.670. The predicted molar refractivity (Wildman–Crippen MR) is 74.6 cm³/mol. The summed E-state index contributed by atoms with van der Waals surface area (Å²) in [6.07, 6.45) is 11.3. The number of nitrogens with one attached hydrogen (secondary N) is 1. The Morgan fingerprint density at radius 3 is 2.69 bits per heavy atom. The summed E-state index contributed by atoms with van der Waals surface area (Å²) in [5, 5.41) is 9.46. The van der Waals surface area contributed by atoms with Crippen molar-refractivity contribution in [3.05, 3.63) is 36.1 Å². The number of allylic oxidation sites excluding steroid dienone is 3. The third-order valence-electron chi connectivity index (χ3n) is 2.18. The van der Waals surface area contributed by atoms with Gasteiger partial charge in [-0.15, -0.1) is 0 Å². The maximum atomic E-state index is 9.46. The van der Waals surface area contributed by atoms with E-state index in [0.29, 0.717) is 0 Å². The van der Waals surface area contributed by atoms with Crippen LogP contribution in [0.15, 0.2) is 36.1 Å². The van der Waals surface area contributed by atoms with Crippen LogP contribution in [0.5, 0.6) is 0 Å². The molecule has 0 spiro atoms. The molecule has 2 nitrogen and oxygen atoms in total. The minimum Gasteiger partial charge on any atom is -0.511 e. The summed E-state index contributed by atoms with van der Waals surface area (Å²) < 4.78 is 3.14. The van der Waals surface area contributed by atoms with Crippen LogP contribution in [0.3, 0.4) is 0 Å². The molecule has 0 radical (unpaired) electrons. The number of rotatable bonds is 8. The van der Waals surface area contributed by atoms with Gasteiger partial charge < -0.3 is 5.11 Å². The lowest BCUT2D eigenvalue weighted by atomic mass is 10.0. The van der Waals surface area contributed by atoms with E-state index in [9.17, 15) is 5.11 Å². The molecule has 0 saturated heterocycles. The van der Waals surface area contributed by atoms with Gasteiger partial charge in [-0.2, -0.15) is 0 Å². The molecule has 0 bridgehead atoms. The van der Waals surface area contributed by atoms with Crippen molar-refractivity contribution < 1.29 is 5.11 Å². The topological polar surface area (TPSA) is 32.3 Å². The Labute approximate surface area is 104 Å². The number of hydrogen-bond donors (Lipinski definition) is 2. The van der Waals surface area contributed by atoms with Crippen LogP contribution >= 0.6 is 11.9 Å². The molecule has 0 rings (SSSR count). The van der Waals surface area contributed by atoms with Gasteiger partial charge in [0.1, 0.15) is 5.76 Å². The molecule has 0 aliphatic heterocycles. The van der Waals surface area contributed by atoms with Gasteiger partial charge in [0.15, 0.2) is 0 Å². The van der Waals surface area contributed by atoms with E-state index in [0.717, 1.165) is 19.3 Å². The molecule has 2 N–H and O–H groups in total. The highest BCUT2D eigenvalue weighted by Crippen LogP contribution is 2.14. The summed E-state index contributed by atoms with van der Waals surface area (Å²) in [4.78, 5) is 0. The molecule has 16 heavy (non-hydrogen) atoms. The van der Waals surface area contributed by atoms with Gasteiger partial charge in [0.25, 0.3) is 0 Å². The van der Waals surface area contributed by atoms with Gasteiger partial charge in [-0.3, -0.25) is 4.72 Å². The van der Waals surface area contributed by atoms with E-state index in [1.54, 1.807) is 0 Å². The zero-order valence-electron chi connectivity index (χ0n) is 10.5. The Morgan fingerprint density at radius 2 is 2.25 bits per heavy atom. The molecule has 0 aromatic carbocycles. The summed E-state index contributed by atoms with van der Waals surface area (Å²) in [6.45, 7) is 7.76. The second-order valence-corrected chi connectivity index (χ2v) is 4.28. The molecule has 0 saturated carbocycles. The van der Waals surface area contributed by atoms with Crippen LogP contribution in [0.2, 0.25) is 0 Å². The average molecular weight is 241 g/mol. The van der Waals surface area contributed by atoms with E-state index in [-0.39, 0.29) is 11.8 Å². The number of aliphatic hydroxyl groups excluding tert-OH is 1. The van der Waals surface area contributed by atoms with Crippen molar-refractivity contribution in [2.24, 2.45) is 0 Å². The number of unbranched alkanes of at least 4 members (excludes halogenated alkanes) is 1. The van der Waals surface area contributed by atoms with E-state index >= 15 is 0 Å². The van der Waals surface area contributed by atoms with E-state index in [4.69, 9.17) is 0 Å². The Balaban J connectivity index is 4.50. The highest BCUT2D eigenvalue weighted by Gasteiger charge is 2.11. The van der Waals surface area contributed by atoms with Crippen LogP contribution < -0.4 is 4.72 Å². The fourth-order valence-electron chi connectivity index (χ4n) is 1.37. The largest absolute Gasteiger partial charge is 0.511 e.